The topological polar surface area (TPSA) is 61.8 Å². The van der Waals surface area contributed by atoms with Crippen LogP contribution in [-0.4, -0.2) is 48.5 Å². The van der Waals surface area contributed by atoms with Crippen molar-refractivity contribution in [3.8, 4) is 0 Å². The quantitative estimate of drug-likeness (QED) is 0.876. The molecule has 1 saturated heterocycles. The van der Waals surface area contributed by atoms with Crippen LogP contribution in [0.2, 0.25) is 0 Å². The Morgan fingerprint density at radius 1 is 1.42 bits per heavy atom. The van der Waals surface area contributed by atoms with E-state index in [1.165, 1.54) is 0 Å². The smallest absolute Gasteiger partial charge is 0.142 e. The summed E-state index contributed by atoms with van der Waals surface area (Å²) in [6.07, 6.45) is 4.87. The van der Waals surface area contributed by atoms with Gasteiger partial charge in [-0.3, -0.25) is 4.99 Å². The van der Waals surface area contributed by atoms with Crippen LogP contribution in [0.3, 0.4) is 0 Å². The van der Waals surface area contributed by atoms with Crippen molar-refractivity contribution in [2.45, 2.75) is 18.5 Å². The molecular weight excluding hydrogens is 326 g/mol. The highest BCUT2D eigenvalue weighted by atomic mass is 35.5. The van der Waals surface area contributed by atoms with Crippen LogP contribution >= 0.6 is 11.6 Å². The molecule has 1 fully saturated rings. The minimum absolute atomic E-state index is 0.0619. The van der Waals surface area contributed by atoms with Crippen molar-refractivity contribution >= 4 is 23.3 Å². The molecule has 2 atom stereocenters. The van der Waals surface area contributed by atoms with Crippen molar-refractivity contribution in [2.24, 2.45) is 4.99 Å². The van der Waals surface area contributed by atoms with Gasteiger partial charge in [-0.25, -0.2) is 4.98 Å². The molecule has 0 spiro atoms. The number of hydrogen-bond acceptors (Lipinski definition) is 6. The molecule has 126 valence electrons. The van der Waals surface area contributed by atoms with Gasteiger partial charge in [-0.1, -0.05) is 17.7 Å². The molecule has 0 amide bonds. The van der Waals surface area contributed by atoms with Gasteiger partial charge < -0.3 is 20.3 Å². The Balaban J connectivity index is 1.54. The summed E-state index contributed by atoms with van der Waals surface area (Å²) < 4.78 is 5.27. The van der Waals surface area contributed by atoms with E-state index in [9.17, 15) is 0 Å². The van der Waals surface area contributed by atoms with Crippen molar-refractivity contribution in [3.05, 3.63) is 47.0 Å². The van der Waals surface area contributed by atoms with E-state index in [4.69, 9.17) is 21.3 Å². The average molecular weight is 346 g/mol. The zero-order valence-corrected chi connectivity index (χ0v) is 14.3. The highest BCUT2D eigenvalue weighted by Crippen LogP contribution is 2.33. The molecule has 2 unspecified atom stereocenters. The molecule has 0 bridgehead atoms. The molecule has 0 aliphatic carbocycles. The third kappa shape index (κ3) is 2.87. The van der Waals surface area contributed by atoms with Crippen LogP contribution < -0.4 is 10.6 Å². The van der Waals surface area contributed by atoms with Gasteiger partial charge in [0, 0.05) is 24.9 Å². The standard InChI is InChI=1S/C17H20ClN5O/c1-24-15-7-17-20-9-14(23(17)10-12(15)18)13-3-2-4-16(22-13)21-11-5-6-19-8-11/h2-4,7,10-11,14,19H,5-6,8-9H2,1H3,(H,21,22). The van der Waals surface area contributed by atoms with E-state index in [-0.39, 0.29) is 6.04 Å². The number of anilines is 1. The van der Waals surface area contributed by atoms with E-state index in [1.54, 1.807) is 7.11 Å². The molecule has 2 N–H and O–H groups in total. The van der Waals surface area contributed by atoms with Gasteiger partial charge in [0.2, 0.25) is 0 Å². The number of amidine groups is 1. The molecule has 24 heavy (non-hydrogen) atoms. The molecule has 4 rings (SSSR count). The Hall–Kier alpha value is -2.05. The fourth-order valence-electron chi connectivity index (χ4n) is 3.25. The Labute approximate surface area is 146 Å². The molecule has 6 nitrogen and oxygen atoms in total. The van der Waals surface area contributed by atoms with Crippen molar-refractivity contribution in [3.63, 3.8) is 0 Å². The lowest BCUT2D eigenvalue weighted by Crippen LogP contribution is -2.28. The minimum Gasteiger partial charge on any atom is -0.495 e. The number of halogens is 1. The second-order valence-corrected chi connectivity index (χ2v) is 6.50. The first kappa shape index (κ1) is 15.5. The second kappa shape index (κ2) is 6.45. The number of nitrogens with zero attached hydrogens (tertiary/aromatic N) is 3. The summed E-state index contributed by atoms with van der Waals surface area (Å²) in [5, 5.41) is 7.43. The molecule has 0 aromatic carbocycles. The highest BCUT2D eigenvalue weighted by molar-refractivity contribution is 6.32. The van der Waals surface area contributed by atoms with E-state index in [2.05, 4.69) is 20.5 Å². The molecule has 0 saturated carbocycles. The van der Waals surface area contributed by atoms with Crippen molar-refractivity contribution in [1.82, 2.24) is 15.2 Å². The van der Waals surface area contributed by atoms with Gasteiger partial charge in [0.15, 0.2) is 0 Å². The third-order valence-corrected chi connectivity index (χ3v) is 4.80. The number of hydrogen-bond donors (Lipinski definition) is 2. The summed E-state index contributed by atoms with van der Waals surface area (Å²) >= 11 is 6.28. The maximum Gasteiger partial charge on any atom is 0.142 e. The van der Waals surface area contributed by atoms with Gasteiger partial charge >= 0.3 is 0 Å². The van der Waals surface area contributed by atoms with Crippen LogP contribution in [0.25, 0.3) is 0 Å². The number of fused-ring (bicyclic) bond motifs is 1. The summed E-state index contributed by atoms with van der Waals surface area (Å²) in [4.78, 5) is 11.5. The molecule has 4 heterocycles. The molecule has 0 radical (unpaired) electrons. The monoisotopic (exact) mass is 345 g/mol. The molecule has 1 aromatic heterocycles. The molecular formula is C17H20ClN5O. The largest absolute Gasteiger partial charge is 0.495 e. The van der Waals surface area contributed by atoms with Crippen molar-refractivity contribution in [2.75, 3.05) is 32.1 Å². The normalized spacial score (nSPS) is 25.8. The third-order valence-electron chi connectivity index (χ3n) is 4.52. The summed E-state index contributed by atoms with van der Waals surface area (Å²) in [6.45, 7) is 2.70. The van der Waals surface area contributed by atoms with Crippen LogP contribution in [0.1, 0.15) is 18.2 Å². The summed E-state index contributed by atoms with van der Waals surface area (Å²) in [5.74, 6) is 2.42. The zero-order chi connectivity index (χ0) is 16.5. The first-order chi connectivity index (χ1) is 11.7. The number of pyridine rings is 1. The van der Waals surface area contributed by atoms with Gasteiger partial charge in [-0.2, -0.15) is 0 Å². The number of aromatic nitrogens is 1. The number of ether oxygens (including phenoxy) is 1. The van der Waals surface area contributed by atoms with Crippen LogP contribution in [0.5, 0.6) is 0 Å². The first-order valence-corrected chi connectivity index (χ1v) is 8.53. The SMILES string of the molecule is COC1=CC2=NCC(c3cccc(NC4CCNC4)n3)N2C=C1Cl. The molecule has 1 aromatic rings. The van der Waals surface area contributed by atoms with Crippen LogP contribution in [-0.2, 0) is 4.74 Å². The Morgan fingerprint density at radius 2 is 2.33 bits per heavy atom. The van der Waals surface area contributed by atoms with E-state index >= 15 is 0 Å². The lowest BCUT2D eigenvalue weighted by molar-refractivity contribution is 0.300. The molecule has 7 heteroatoms. The van der Waals surface area contributed by atoms with Crippen molar-refractivity contribution < 1.29 is 4.74 Å². The van der Waals surface area contributed by atoms with Gasteiger partial charge in [-0.05, 0) is 25.1 Å². The average Bonchev–Trinajstić information content (AvgIpc) is 3.23. The Morgan fingerprint density at radius 3 is 3.12 bits per heavy atom. The van der Waals surface area contributed by atoms with E-state index in [0.717, 1.165) is 36.9 Å². The number of allylic oxidation sites excluding steroid dienone is 1. The maximum atomic E-state index is 6.28. The highest BCUT2D eigenvalue weighted by Gasteiger charge is 2.31. The lowest BCUT2D eigenvalue weighted by Gasteiger charge is -2.26. The van der Waals surface area contributed by atoms with Gasteiger partial charge in [0.1, 0.15) is 17.4 Å². The number of rotatable bonds is 4. The predicted octanol–water partition coefficient (Wildman–Crippen LogP) is 2.23. The fourth-order valence-corrected chi connectivity index (χ4v) is 3.49. The summed E-state index contributed by atoms with van der Waals surface area (Å²) in [6, 6.07) is 6.60. The van der Waals surface area contributed by atoms with E-state index in [0.29, 0.717) is 23.4 Å². The van der Waals surface area contributed by atoms with E-state index < -0.39 is 0 Å². The zero-order valence-electron chi connectivity index (χ0n) is 13.5. The van der Waals surface area contributed by atoms with Crippen LogP contribution in [0.4, 0.5) is 5.82 Å². The van der Waals surface area contributed by atoms with E-state index in [1.807, 2.05) is 30.5 Å². The lowest BCUT2D eigenvalue weighted by atomic mass is 10.1. The second-order valence-electron chi connectivity index (χ2n) is 6.09. The number of nitrogens with one attached hydrogen (secondary N) is 2. The maximum absolute atomic E-state index is 6.28. The predicted molar refractivity (Wildman–Crippen MR) is 95.0 cm³/mol. The fraction of sp³-hybridized carbons (Fsp3) is 0.412. The van der Waals surface area contributed by atoms with Gasteiger partial charge in [0.05, 0.1) is 30.4 Å². The van der Waals surface area contributed by atoms with Crippen molar-refractivity contribution in [1.29, 1.82) is 0 Å². The first-order valence-electron chi connectivity index (χ1n) is 8.15. The van der Waals surface area contributed by atoms with Crippen LogP contribution in [0, 0.1) is 0 Å². The summed E-state index contributed by atoms with van der Waals surface area (Å²) in [5.41, 5.74) is 0.986. The number of aliphatic imine (C=N–C) groups is 1. The Kier molecular flexibility index (Phi) is 4.16. The molecule has 3 aliphatic heterocycles. The van der Waals surface area contributed by atoms with Gasteiger partial charge in [-0.15, -0.1) is 0 Å². The number of methoxy groups -OCH3 is 1. The van der Waals surface area contributed by atoms with Crippen LogP contribution in [0.15, 0.2) is 46.3 Å². The van der Waals surface area contributed by atoms with Gasteiger partial charge in [0.25, 0.3) is 0 Å². The minimum atomic E-state index is 0.0619. The molecule has 3 aliphatic rings. The summed E-state index contributed by atoms with van der Waals surface area (Å²) in [7, 11) is 1.61. The Bertz CT molecular complexity index is 723.